The molecule has 98 valence electrons. The Hall–Kier alpha value is -1.77. The lowest BCUT2D eigenvalue weighted by atomic mass is 10.0. The van der Waals surface area contributed by atoms with E-state index in [0.717, 1.165) is 22.9 Å². The van der Waals surface area contributed by atoms with Crippen LogP contribution in [0.15, 0.2) is 30.6 Å². The van der Waals surface area contributed by atoms with Crippen molar-refractivity contribution >= 4 is 22.1 Å². The van der Waals surface area contributed by atoms with Crippen LogP contribution in [0.2, 0.25) is 0 Å². The molecule has 0 unspecified atom stereocenters. The Morgan fingerprint density at radius 2 is 1.79 bits per heavy atom. The van der Waals surface area contributed by atoms with Crippen LogP contribution in [0.3, 0.4) is 0 Å². The summed E-state index contributed by atoms with van der Waals surface area (Å²) in [5.41, 5.74) is 8.06. The number of anilines is 2. The number of nitrogens with one attached hydrogen (secondary N) is 1. The Labute approximate surface area is 113 Å². The summed E-state index contributed by atoms with van der Waals surface area (Å²) in [7, 11) is 0. The smallest absolute Gasteiger partial charge is 0.0424 e. The van der Waals surface area contributed by atoms with Crippen molar-refractivity contribution in [2.24, 2.45) is 11.8 Å². The van der Waals surface area contributed by atoms with Gasteiger partial charge in [-0.2, -0.15) is 0 Å². The number of pyridine rings is 1. The lowest BCUT2D eigenvalue weighted by Crippen LogP contribution is -2.24. The normalized spacial score (nSPS) is 19.0. The molecule has 1 aromatic heterocycles. The van der Waals surface area contributed by atoms with Crippen molar-refractivity contribution in [1.29, 1.82) is 0 Å². The summed E-state index contributed by atoms with van der Waals surface area (Å²) in [4.78, 5) is 4.18. The van der Waals surface area contributed by atoms with Gasteiger partial charge in [0, 0.05) is 40.6 Å². The minimum absolute atomic E-state index is 0.667. The van der Waals surface area contributed by atoms with Crippen molar-refractivity contribution in [2.75, 3.05) is 11.1 Å². The predicted octanol–water partition coefficient (Wildman–Crippen LogP) is 3.42. The Balaban J connectivity index is 1.72. The molecule has 3 nitrogen and oxygen atoms in total. The van der Waals surface area contributed by atoms with Crippen molar-refractivity contribution < 1.29 is 0 Å². The van der Waals surface area contributed by atoms with E-state index < -0.39 is 0 Å². The second kappa shape index (κ2) is 4.12. The van der Waals surface area contributed by atoms with Crippen LogP contribution in [0, 0.1) is 11.8 Å². The Kier molecular flexibility index (Phi) is 2.40. The van der Waals surface area contributed by atoms with Gasteiger partial charge in [-0.15, -0.1) is 0 Å². The summed E-state index contributed by atoms with van der Waals surface area (Å²) in [6.45, 7) is 0. The molecule has 2 saturated carbocycles. The topological polar surface area (TPSA) is 50.9 Å². The molecule has 0 amide bonds. The van der Waals surface area contributed by atoms with Crippen LogP contribution >= 0.6 is 0 Å². The van der Waals surface area contributed by atoms with Gasteiger partial charge < -0.3 is 11.1 Å². The van der Waals surface area contributed by atoms with E-state index in [9.17, 15) is 0 Å². The van der Waals surface area contributed by atoms with Gasteiger partial charge >= 0.3 is 0 Å². The quantitative estimate of drug-likeness (QED) is 0.821. The van der Waals surface area contributed by atoms with Gasteiger partial charge in [0.2, 0.25) is 0 Å². The van der Waals surface area contributed by atoms with E-state index in [1.807, 2.05) is 18.5 Å². The predicted molar refractivity (Wildman–Crippen MR) is 79.0 cm³/mol. The maximum atomic E-state index is 6.03. The number of hydrogen-bond donors (Lipinski definition) is 2. The SMILES string of the molecule is Nc1ccc(NC(C2CC2)C2CC2)c2ccncc12. The third kappa shape index (κ3) is 2.03. The van der Waals surface area contributed by atoms with Crippen LogP contribution in [0.25, 0.3) is 10.8 Å². The van der Waals surface area contributed by atoms with Crippen LogP contribution in [-0.2, 0) is 0 Å². The largest absolute Gasteiger partial charge is 0.398 e. The van der Waals surface area contributed by atoms with E-state index in [0.29, 0.717) is 6.04 Å². The number of aromatic nitrogens is 1. The van der Waals surface area contributed by atoms with E-state index in [1.54, 1.807) is 0 Å². The third-order valence-corrected chi connectivity index (χ3v) is 4.43. The van der Waals surface area contributed by atoms with Crippen molar-refractivity contribution in [3.8, 4) is 0 Å². The number of hydrogen-bond acceptors (Lipinski definition) is 3. The maximum absolute atomic E-state index is 6.03. The van der Waals surface area contributed by atoms with Gasteiger partial charge in [-0.1, -0.05) is 0 Å². The number of fused-ring (bicyclic) bond motifs is 1. The fourth-order valence-electron chi connectivity index (χ4n) is 3.05. The number of rotatable bonds is 4. The zero-order valence-electron chi connectivity index (χ0n) is 11.0. The second-order valence-electron chi connectivity index (χ2n) is 5.97. The molecule has 0 atom stereocenters. The summed E-state index contributed by atoms with van der Waals surface area (Å²) < 4.78 is 0. The first-order valence-electron chi connectivity index (χ1n) is 7.21. The first kappa shape index (κ1) is 11.1. The molecular formula is C16H19N3. The van der Waals surface area contributed by atoms with Gasteiger partial charge in [-0.3, -0.25) is 4.98 Å². The summed E-state index contributed by atoms with van der Waals surface area (Å²) in [5, 5.41) is 6.04. The molecule has 2 aliphatic rings. The minimum Gasteiger partial charge on any atom is -0.398 e. The Morgan fingerprint density at radius 1 is 1.05 bits per heavy atom. The minimum atomic E-state index is 0.667. The van der Waals surface area contributed by atoms with Crippen LogP contribution in [0.4, 0.5) is 11.4 Å². The highest BCUT2D eigenvalue weighted by molar-refractivity contribution is 6.00. The molecule has 0 saturated heterocycles. The second-order valence-corrected chi connectivity index (χ2v) is 5.97. The molecule has 0 spiro atoms. The molecule has 2 fully saturated rings. The highest BCUT2D eigenvalue weighted by Crippen LogP contribution is 2.46. The van der Waals surface area contributed by atoms with E-state index in [-0.39, 0.29) is 0 Å². The first-order valence-corrected chi connectivity index (χ1v) is 7.21. The van der Waals surface area contributed by atoms with Crippen molar-refractivity contribution in [1.82, 2.24) is 4.98 Å². The molecule has 2 aliphatic carbocycles. The molecule has 0 bridgehead atoms. The average molecular weight is 253 g/mol. The van der Waals surface area contributed by atoms with Gasteiger partial charge in [0.1, 0.15) is 0 Å². The van der Waals surface area contributed by atoms with Gasteiger partial charge in [-0.25, -0.2) is 0 Å². The van der Waals surface area contributed by atoms with Gasteiger partial charge in [0.05, 0.1) is 0 Å². The molecule has 0 aliphatic heterocycles. The van der Waals surface area contributed by atoms with Crippen LogP contribution < -0.4 is 11.1 Å². The summed E-state index contributed by atoms with van der Waals surface area (Å²) in [6.07, 6.45) is 9.27. The zero-order valence-corrected chi connectivity index (χ0v) is 11.0. The zero-order chi connectivity index (χ0) is 12.8. The first-order chi connectivity index (χ1) is 9.33. The Morgan fingerprint density at radius 3 is 2.47 bits per heavy atom. The highest BCUT2D eigenvalue weighted by Gasteiger charge is 2.41. The summed E-state index contributed by atoms with van der Waals surface area (Å²) in [5.74, 6) is 1.78. The van der Waals surface area contributed by atoms with Crippen molar-refractivity contribution in [3.05, 3.63) is 30.6 Å². The van der Waals surface area contributed by atoms with E-state index in [1.165, 1.54) is 36.8 Å². The fraction of sp³-hybridized carbons (Fsp3) is 0.438. The number of nitrogens with two attached hydrogens (primary N) is 1. The molecule has 1 aromatic carbocycles. The molecule has 0 radical (unpaired) electrons. The van der Waals surface area contributed by atoms with Gasteiger partial charge in [-0.05, 0) is 55.7 Å². The van der Waals surface area contributed by atoms with Gasteiger partial charge in [0.25, 0.3) is 0 Å². The van der Waals surface area contributed by atoms with E-state index in [4.69, 9.17) is 5.73 Å². The highest BCUT2D eigenvalue weighted by atomic mass is 15.0. The molecule has 3 heteroatoms. The molecular weight excluding hydrogens is 234 g/mol. The lowest BCUT2D eigenvalue weighted by molar-refractivity contribution is 0.568. The van der Waals surface area contributed by atoms with E-state index >= 15 is 0 Å². The fourth-order valence-corrected chi connectivity index (χ4v) is 3.05. The summed E-state index contributed by atoms with van der Waals surface area (Å²) in [6, 6.07) is 6.84. The van der Waals surface area contributed by atoms with Crippen molar-refractivity contribution in [2.45, 2.75) is 31.7 Å². The van der Waals surface area contributed by atoms with Crippen LogP contribution in [0.5, 0.6) is 0 Å². The Bertz CT molecular complexity index is 602. The average Bonchev–Trinajstić information content (AvgIpc) is 3.30. The molecule has 2 aromatic rings. The van der Waals surface area contributed by atoms with Crippen LogP contribution in [-0.4, -0.2) is 11.0 Å². The van der Waals surface area contributed by atoms with Gasteiger partial charge in [0.15, 0.2) is 0 Å². The number of nitrogens with zero attached hydrogens (tertiary/aromatic N) is 1. The van der Waals surface area contributed by atoms with E-state index in [2.05, 4.69) is 22.4 Å². The standard InChI is InChI=1S/C16H19N3/c17-14-5-6-15(12-7-8-18-9-13(12)14)19-16(10-1-2-10)11-3-4-11/h5-11,16,19H,1-4,17H2. The molecule has 3 N–H and O–H groups in total. The number of nitrogen functional groups attached to an aromatic ring is 1. The number of benzene rings is 1. The van der Waals surface area contributed by atoms with Crippen LogP contribution in [0.1, 0.15) is 25.7 Å². The van der Waals surface area contributed by atoms with Crippen molar-refractivity contribution in [3.63, 3.8) is 0 Å². The lowest BCUT2D eigenvalue weighted by Gasteiger charge is -2.20. The monoisotopic (exact) mass is 253 g/mol. The maximum Gasteiger partial charge on any atom is 0.0424 e. The molecule has 19 heavy (non-hydrogen) atoms. The molecule has 4 rings (SSSR count). The molecule has 1 heterocycles. The third-order valence-electron chi connectivity index (χ3n) is 4.43. The summed E-state index contributed by atoms with van der Waals surface area (Å²) >= 11 is 0.